The fourth-order valence-corrected chi connectivity index (χ4v) is 2.66. The molecule has 1 aromatic rings. The summed E-state index contributed by atoms with van der Waals surface area (Å²) in [5, 5.41) is 3.01. The Morgan fingerprint density at radius 1 is 1.14 bits per heavy atom. The van der Waals surface area contributed by atoms with Gasteiger partial charge in [0.15, 0.2) is 0 Å². The quantitative estimate of drug-likeness (QED) is 0.847. The Morgan fingerprint density at radius 3 is 2.68 bits per heavy atom. The maximum Gasteiger partial charge on any atom is 0.416 e. The van der Waals surface area contributed by atoms with Crippen LogP contribution in [0.25, 0.3) is 0 Å². The third-order valence-electron chi connectivity index (χ3n) is 3.87. The molecule has 1 saturated heterocycles. The number of likely N-dealkylation sites (tertiary alicyclic amines) is 1. The normalized spacial score (nSPS) is 16.7. The van der Waals surface area contributed by atoms with E-state index in [0.29, 0.717) is 19.5 Å². The van der Waals surface area contributed by atoms with Crippen molar-refractivity contribution in [2.24, 2.45) is 0 Å². The van der Waals surface area contributed by atoms with Crippen molar-refractivity contribution in [3.05, 3.63) is 35.4 Å². The lowest BCUT2D eigenvalue weighted by Crippen LogP contribution is -2.36. The van der Waals surface area contributed by atoms with Crippen molar-refractivity contribution in [2.75, 3.05) is 19.6 Å². The molecule has 1 amide bonds. The molecule has 3 nitrogen and oxygen atoms in total. The number of alkyl halides is 3. The highest BCUT2D eigenvalue weighted by Crippen LogP contribution is 2.31. The molecule has 0 unspecified atom stereocenters. The van der Waals surface area contributed by atoms with Crippen LogP contribution in [0.5, 0.6) is 0 Å². The van der Waals surface area contributed by atoms with Crippen LogP contribution in [0.15, 0.2) is 24.3 Å². The average Bonchev–Trinajstić information content (AvgIpc) is 2.68. The average molecular weight is 314 g/mol. The second kappa shape index (κ2) is 7.63. The molecule has 1 aliphatic rings. The smallest absolute Gasteiger partial charge is 0.341 e. The van der Waals surface area contributed by atoms with E-state index in [1.807, 2.05) is 0 Å². The molecular formula is C16H21F3N2O. The van der Waals surface area contributed by atoms with Gasteiger partial charge in [-0.3, -0.25) is 4.79 Å². The minimum atomic E-state index is -4.33. The van der Waals surface area contributed by atoms with Crippen molar-refractivity contribution in [2.45, 2.75) is 38.4 Å². The molecule has 6 heteroatoms. The van der Waals surface area contributed by atoms with Gasteiger partial charge in [-0.25, -0.2) is 0 Å². The molecule has 0 radical (unpaired) electrons. The number of benzene rings is 1. The minimum absolute atomic E-state index is 0.148. The summed E-state index contributed by atoms with van der Waals surface area (Å²) in [5.74, 6) is 0.148. The lowest BCUT2D eigenvalue weighted by molar-refractivity contribution is -0.138. The minimum Gasteiger partial charge on any atom is -0.341 e. The van der Waals surface area contributed by atoms with Gasteiger partial charge >= 0.3 is 6.18 Å². The van der Waals surface area contributed by atoms with Crippen molar-refractivity contribution in [1.29, 1.82) is 0 Å². The van der Waals surface area contributed by atoms with Gasteiger partial charge in [-0.1, -0.05) is 24.6 Å². The van der Waals surface area contributed by atoms with Crippen molar-refractivity contribution in [3.8, 4) is 0 Å². The number of nitrogens with one attached hydrogen (secondary N) is 1. The van der Waals surface area contributed by atoms with E-state index >= 15 is 0 Å². The van der Waals surface area contributed by atoms with Crippen molar-refractivity contribution < 1.29 is 18.0 Å². The zero-order valence-electron chi connectivity index (χ0n) is 12.5. The predicted octanol–water partition coefficient (Wildman–Crippen LogP) is 3.20. The van der Waals surface area contributed by atoms with Crippen LogP contribution in [0, 0.1) is 0 Å². The van der Waals surface area contributed by atoms with Crippen LogP contribution >= 0.6 is 0 Å². The third-order valence-corrected chi connectivity index (χ3v) is 3.87. The van der Waals surface area contributed by atoms with Crippen LogP contribution in [0.3, 0.4) is 0 Å². The zero-order chi connectivity index (χ0) is 16.0. The van der Waals surface area contributed by atoms with Gasteiger partial charge in [-0.15, -0.1) is 0 Å². The Morgan fingerprint density at radius 2 is 1.91 bits per heavy atom. The Bertz CT molecular complexity index is 502. The van der Waals surface area contributed by atoms with Crippen LogP contribution in [-0.4, -0.2) is 30.4 Å². The molecule has 0 spiro atoms. The number of nitrogens with zero attached hydrogens (tertiary/aromatic N) is 1. The van der Waals surface area contributed by atoms with Crippen LogP contribution in [0.4, 0.5) is 13.2 Å². The van der Waals surface area contributed by atoms with Crippen LogP contribution in [-0.2, 0) is 17.5 Å². The second-order valence-corrected chi connectivity index (χ2v) is 5.52. The lowest BCUT2D eigenvalue weighted by atomic mass is 10.1. The second-order valence-electron chi connectivity index (χ2n) is 5.52. The van der Waals surface area contributed by atoms with Crippen LogP contribution in [0.2, 0.25) is 0 Å². The number of halogens is 3. The molecule has 122 valence electrons. The summed E-state index contributed by atoms with van der Waals surface area (Å²) < 4.78 is 38.6. The first-order chi connectivity index (χ1) is 10.5. The topological polar surface area (TPSA) is 32.3 Å². The third kappa shape index (κ3) is 4.73. The van der Waals surface area contributed by atoms with Crippen molar-refractivity contribution >= 4 is 5.91 Å². The highest BCUT2D eigenvalue weighted by atomic mass is 19.4. The van der Waals surface area contributed by atoms with E-state index in [2.05, 4.69) is 5.32 Å². The molecule has 1 heterocycles. The summed E-state index contributed by atoms with van der Waals surface area (Å²) in [5.41, 5.74) is -0.370. The van der Waals surface area contributed by atoms with Gasteiger partial charge in [0.25, 0.3) is 0 Å². The summed E-state index contributed by atoms with van der Waals surface area (Å²) in [6.07, 6.45) is -0.755. The first-order valence-electron chi connectivity index (χ1n) is 7.62. The fraction of sp³-hybridized carbons (Fsp3) is 0.562. The van der Waals surface area contributed by atoms with Gasteiger partial charge in [0.2, 0.25) is 5.91 Å². The summed E-state index contributed by atoms with van der Waals surface area (Å²) in [4.78, 5) is 13.6. The Hall–Kier alpha value is -1.56. The molecule has 2 rings (SSSR count). The largest absolute Gasteiger partial charge is 0.416 e. The lowest BCUT2D eigenvalue weighted by Gasteiger charge is -2.21. The standard InChI is InChI=1S/C16H21F3N2O/c17-16(18,19)14-7-4-3-6-13(14)12-20-9-11-21-10-5-1-2-8-15(21)22/h3-4,6-7,20H,1-2,5,8-12H2. The molecular weight excluding hydrogens is 293 g/mol. The summed E-state index contributed by atoms with van der Waals surface area (Å²) in [6, 6.07) is 5.56. The monoisotopic (exact) mass is 314 g/mol. The maximum absolute atomic E-state index is 12.9. The molecule has 0 bridgehead atoms. The van der Waals surface area contributed by atoms with Gasteiger partial charge in [0, 0.05) is 32.6 Å². The first-order valence-corrected chi connectivity index (χ1v) is 7.62. The van der Waals surface area contributed by atoms with Gasteiger partial charge in [-0.2, -0.15) is 13.2 Å². The first kappa shape index (κ1) is 16.8. The molecule has 0 aromatic heterocycles. The number of carbonyl (C=O) groups is 1. The van der Waals surface area contributed by atoms with E-state index < -0.39 is 11.7 Å². The van der Waals surface area contributed by atoms with Crippen LogP contribution in [0.1, 0.15) is 36.8 Å². The molecule has 1 fully saturated rings. The van der Waals surface area contributed by atoms with E-state index in [0.717, 1.165) is 31.9 Å². The van der Waals surface area contributed by atoms with Crippen LogP contribution < -0.4 is 5.32 Å². The number of rotatable bonds is 5. The molecule has 0 aliphatic carbocycles. The summed E-state index contributed by atoms with van der Waals surface area (Å²) >= 11 is 0. The molecule has 1 aliphatic heterocycles. The number of hydrogen-bond donors (Lipinski definition) is 1. The van der Waals surface area contributed by atoms with E-state index in [4.69, 9.17) is 0 Å². The molecule has 1 aromatic carbocycles. The number of carbonyl (C=O) groups excluding carboxylic acids is 1. The molecule has 22 heavy (non-hydrogen) atoms. The summed E-state index contributed by atoms with van der Waals surface area (Å²) in [6.45, 7) is 1.95. The fourth-order valence-electron chi connectivity index (χ4n) is 2.66. The van der Waals surface area contributed by atoms with Crippen molar-refractivity contribution in [1.82, 2.24) is 10.2 Å². The Balaban J connectivity index is 1.83. The van der Waals surface area contributed by atoms with Gasteiger partial charge in [-0.05, 0) is 24.5 Å². The van der Waals surface area contributed by atoms with E-state index in [1.54, 1.807) is 11.0 Å². The highest BCUT2D eigenvalue weighted by Gasteiger charge is 2.32. The Labute approximate surface area is 128 Å². The molecule has 0 saturated carbocycles. The zero-order valence-corrected chi connectivity index (χ0v) is 12.5. The Kier molecular flexibility index (Phi) is 5.83. The van der Waals surface area contributed by atoms with Gasteiger partial charge in [0.05, 0.1) is 5.56 Å². The van der Waals surface area contributed by atoms with E-state index in [1.165, 1.54) is 12.1 Å². The number of amides is 1. The predicted molar refractivity (Wildman–Crippen MR) is 78.2 cm³/mol. The van der Waals surface area contributed by atoms with E-state index in [9.17, 15) is 18.0 Å². The van der Waals surface area contributed by atoms with Crippen molar-refractivity contribution in [3.63, 3.8) is 0 Å². The van der Waals surface area contributed by atoms with Gasteiger partial charge in [0.1, 0.15) is 0 Å². The summed E-state index contributed by atoms with van der Waals surface area (Å²) in [7, 11) is 0. The molecule has 1 N–H and O–H groups in total. The van der Waals surface area contributed by atoms with E-state index in [-0.39, 0.29) is 18.0 Å². The maximum atomic E-state index is 12.9. The van der Waals surface area contributed by atoms with Gasteiger partial charge < -0.3 is 10.2 Å². The SMILES string of the molecule is O=C1CCCCCN1CCNCc1ccccc1C(F)(F)F. The number of hydrogen-bond acceptors (Lipinski definition) is 2. The highest BCUT2D eigenvalue weighted by molar-refractivity contribution is 5.76. The molecule has 0 atom stereocenters.